The molecule has 1 aliphatic rings. The summed E-state index contributed by atoms with van der Waals surface area (Å²) >= 11 is 0. The lowest BCUT2D eigenvalue weighted by Gasteiger charge is -2.23. The summed E-state index contributed by atoms with van der Waals surface area (Å²) in [6.07, 6.45) is 6.90. The number of aromatic nitrogens is 6. The van der Waals surface area contributed by atoms with Crippen molar-refractivity contribution in [1.82, 2.24) is 30.1 Å². The molecule has 0 radical (unpaired) electrons. The number of pyridine rings is 1. The lowest BCUT2D eigenvalue weighted by molar-refractivity contribution is 0.362. The average Bonchev–Trinajstić information content (AvgIpc) is 3.44. The maximum atomic E-state index is 5.69. The minimum Gasteiger partial charge on any atom is -0.358 e. The Bertz CT molecular complexity index is 1130. The Kier molecular flexibility index (Phi) is 4.76. The van der Waals surface area contributed by atoms with Crippen LogP contribution in [0.3, 0.4) is 0 Å². The molecule has 30 heavy (non-hydrogen) atoms. The first-order chi connectivity index (χ1) is 14.8. The van der Waals surface area contributed by atoms with E-state index in [1.54, 1.807) is 18.5 Å². The molecule has 1 fully saturated rings. The van der Waals surface area contributed by atoms with E-state index in [9.17, 15) is 0 Å². The van der Waals surface area contributed by atoms with Gasteiger partial charge in [0.1, 0.15) is 23.7 Å². The van der Waals surface area contributed by atoms with Gasteiger partial charge in [0, 0.05) is 36.8 Å². The molecule has 0 aromatic carbocycles. The predicted molar refractivity (Wildman–Crippen MR) is 111 cm³/mol. The fourth-order valence-corrected chi connectivity index (χ4v) is 3.62. The van der Waals surface area contributed by atoms with Crippen LogP contribution in [0.2, 0.25) is 0 Å². The van der Waals surface area contributed by atoms with Gasteiger partial charge in [0.2, 0.25) is 5.95 Å². The number of anilines is 3. The number of nitrogens with zero attached hydrogens (tertiary/aromatic N) is 7. The molecule has 0 aliphatic carbocycles. The van der Waals surface area contributed by atoms with Gasteiger partial charge in [0.05, 0.1) is 11.7 Å². The fraction of sp³-hybridized carbons (Fsp3) is 0.238. The highest BCUT2D eigenvalue weighted by atomic mass is 16.5. The van der Waals surface area contributed by atoms with Crippen LogP contribution in [0.25, 0.3) is 11.4 Å². The van der Waals surface area contributed by atoms with Crippen LogP contribution in [-0.4, -0.2) is 36.6 Å². The maximum Gasteiger partial charge on any atom is 0.228 e. The highest BCUT2D eigenvalue weighted by Gasteiger charge is 2.32. The van der Waals surface area contributed by atoms with Crippen LogP contribution in [-0.2, 0) is 0 Å². The summed E-state index contributed by atoms with van der Waals surface area (Å²) in [5.41, 5.74) is 2.39. The second-order valence-corrected chi connectivity index (χ2v) is 7.10. The second-order valence-electron chi connectivity index (χ2n) is 7.10. The van der Waals surface area contributed by atoms with Gasteiger partial charge in [0.25, 0.3) is 0 Å². The molecule has 4 aromatic rings. The Labute approximate surface area is 173 Å². The van der Waals surface area contributed by atoms with Crippen LogP contribution in [0, 0.1) is 6.92 Å². The summed E-state index contributed by atoms with van der Waals surface area (Å²) in [6, 6.07) is 11.4. The first-order valence-electron chi connectivity index (χ1n) is 9.80. The molecule has 0 amide bonds. The quantitative estimate of drug-likeness (QED) is 0.536. The van der Waals surface area contributed by atoms with Crippen LogP contribution in [0.4, 0.5) is 17.6 Å². The van der Waals surface area contributed by atoms with E-state index in [1.807, 2.05) is 37.3 Å². The van der Waals surface area contributed by atoms with Gasteiger partial charge >= 0.3 is 0 Å². The molecule has 1 unspecified atom stereocenters. The monoisotopic (exact) mass is 400 g/mol. The molecule has 0 saturated carbocycles. The van der Waals surface area contributed by atoms with E-state index in [-0.39, 0.29) is 6.04 Å². The smallest absolute Gasteiger partial charge is 0.228 e. The SMILES string of the molecule is Cc1cc(Nc2ccncn2)nc(N2CCCC2c2cc(-c3ccccn3)no2)n1. The van der Waals surface area contributed by atoms with Crippen molar-refractivity contribution >= 4 is 17.6 Å². The molecular weight excluding hydrogens is 380 g/mol. The zero-order valence-corrected chi connectivity index (χ0v) is 16.4. The van der Waals surface area contributed by atoms with Gasteiger partial charge in [-0.05, 0) is 38.0 Å². The van der Waals surface area contributed by atoms with Crippen LogP contribution in [0.1, 0.15) is 30.3 Å². The summed E-state index contributed by atoms with van der Waals surface area (Å²) < 4.78 is 5.69. The fourth-order valence-electron chi connectivity index (χ4n) is 3.62. The van der Waals surface area contributed by atoms with E-state index >= 15 is 0 Å². The van der Waals surface area contributed by atoms with E-state index in [4.69, 9.17) is 9.51 Å². The molecule has 1 saturated heterocycles. The number of hydrogen-bond donors (Lipinski definition) is 1. The topological polar surface area (TPSA) is 106 Å². The van der Waals surface area contributed by atoms with Crippen LogP contribution in [0.5, 0.6) is 0 Å². The number of nitrogens with one attached hydrogen (secondary N) is 1. The largest absolute Gasteiger partial charge is 0.358 e. The average molecular weight is 400 g/mol. The van der Waals surface area contributed by atoms with E-state index in [0.717, 1.165) is 42.2 Å². The molecule has 5 heterocycles. The highest BCUT2D eigenvalue weighted by molar-refractivity contribution is 5.56. The van der Waals surface area contributed by atoms with Gasteiger partial charge in [-0.3, -0.25) is 4.98 Å². The molecule has 1 N–H and O–H groups in total. The molecular formula is C21H20N8O. The zero-order chi connectivity index (χ0) is 20.3. The lowest BCUT2D eigenvalue weighted by Crippen LogP contribution is -2.25. The zero-order valence-electron chi connectivity index (χ0n) is 16.4. The molecule has 9 nitrogen and oxygen atoms in total. The van der Waals surface area contributed by atoms with Gasteiger partial charge in [-0.15, -0.1) is 0 Å². The molecule has 4 aromatic heterocycles. The number of aryl methyl sites for hydroxylation is 1. The summed E-state index contributed by atoms with van der Waals surface area (Å²) in [6.45, 7) is 2.80. The van der Waals surface area contributed by atoms with E-state index < -0.39 is 0 Å². The van der Waals surface area contributed by atoms with Crippen molar-refractivity contribution in [3.8, 4) is 11.4 Å². The molecule has 1 aliphatic heterocycles. The summed E-state index contributed by atoms with van der Waals surface area (Å²) in [7, 11) is 0. The normalized spacial score (nSPS) is 16.0. The van der Waals surface area contributed by atoms with Gasteiger partial charge in [0.15, 0.2) is 5.76 Å². The van der Waals surface area contributed by atoms with Crippen molar-refractivity contribution in [2.75, 3.05) is 16.8 Å². The lowest BCUT2D eigenvalue weighted by atomic mass is 10.1. The summed E-state index contributed by atoms with van der Waals surface area (Å²) in [5, 5.41) is 7.43. The van der Waals surface area contributed by atoms with Crippen molar-refractivity contribution < 1.29 is 4.52 Å². The molecule has 5 rings (SSSR count). The molecule has 1 atom stereocenters. The third-order valence-electron chi connectivity index (χ3n) is 4.97. The van der Waals surface area contributed by atoms with E-state index in [1.165, 1.54) is 6.33 Å². The summed E-state index contributed by atoms with van der Waals surface area (Å²) in [5.74, 6) is 2.82. The van der Waals surface area contributed by atoms with E-state index in [0.29, 0.717) is 17.6 Å². The number of hydrogen-bond acceptors (Lipinski definition) is 9. The minimum atomic E-state index is 0.0312. The predicted octanol–water partition coefficient (Wildman–Crippen LogP) is 3.71. The Morgan fingerprint density at radius 2 is 2.00 bits per heavy atom. The van der Waals surface area contributed by atoms with Crippen molar-refractivity contribution in [2.45, 2.75) is 25.8 Å². The Hall–Kier alpha value is -3.88. The van der Waals surface area contributed by atoms with Gasteiger partial charge in [-0.1, -0.05) is 11.2 Å². The van der Waals surface area contributed by atoms with Crippen molar-refractivity contribution in [1.29, 1.82) is 0 Å². The molecule has 150 valence electrons. The van der Waals surface area contributed by atoms with Gasteiger partial charge < -0.3 is 14.7 Å². The molecule has 9 heteroatoms. The third-order valence-corrected chi connectivity index (χ3v) is 4.97. The highest BCUT2D eigenvalue weighted by Crippen LogP contribution is 2.36. The maximum absolute atomic E-state index is 5.69. The van der Waals surface area contributed by atoms with Crippen LogP contribution < -0.4 is 10.2 Å². The molecule has 0 bridgehead atoms. The van der Waals surface area contributed by atoms with Crippen molar-refractivity contribution in [3.63, 3.8) is 0 Å². The minimum absolute atomic E-state index is 0.0312. The third kappa shape index (κ3) is 3.69. The Morgan fingerprint density at radius 3 is 2.83 bits per heavy atom. The second kappa shape index (κ2) is 7.86. The van der Waals surface area contributed by atoms with Crippen molar-refractivity contribution in [3.05, 3.63) is 66.6 Å². The molecule has 0 spiro atoms. The standard InChI is InChI=1S/C21H20N8O/c1-14-11-20(26-19-7-9-22-13-24-19)27-21(25-14)29-10-4-6-17(29)18-12-16(28-30-18)15-5-2-3-8-23-15/h2-3,5,7-9,11-13,17H,4,6,10H2,1H3,(H,22,24,25,26,27). The van der Waals surface area contributed by atoms with E-state index in [2.05, 4.69) is 35.3 Å². The van der Waals surface area contributed by atoms with Gasteiger partial charge in [-0.25, -0.2) is 15.0 Å². The number of rotatable bonds is 5. The first kappa shape index (κ1) is 18.2. The Balaban J connectivity index is 1.42. The summed E-state index contributed by atoms with van der Waals surface area (Å²) in [4.78, 5) is 24.0. The van der Waals surface area contributed by atoms with Crippen LogP contribution in [0.15, 0.2) is 59.6 Å². The first-order valence-corrected chi connectivity index (χ1v) is 9.80. The van der Waals surface area contributed by atoms with Crippen LogP contribution >= 0.6 is 0 Å². The Morgan fingerprint density at radius 1 is 1.03 bits per heavy atom. The van der Waals surface area contributed by atoms with Crippen molar-refractivity contribution in [2.24, 2.45) is 0 Å². The van der Waals surface area contributed by atoms with Gasteiger partial charge in [-0.2, -0.15) is 4.98 Å².